The highest BCUT2D eigenvalue weighted by Gasteiger charge is 2.11. The minimum Gasteiger partial charge on any atom is -0.457 e. The Morgan fingerprint density at radius 2 is 2.16 bits per heavy atom. The van der Waals surface area contributed by atoms with Crippen molar-refractivity contribution in [3.05, 3.63) is 61.8 Å². The van der Waals surface area contributed by atoms with E-state index in [1.54, 1.807) is 18.2 Å². The van der Waals surface area contributed by atoms with Gasteiger partial charge in [0.15, 0.2) is 0 Å². The molecule has 0 radical (unpaired) electrons. The van der Waals surface area contributed by atoms with Gasteiger partial charge < -0.3 is 4.74 Å². The van der Waals surface area contributed by atoms with Gasteiger partial charge in [0.25, 0.3) is 5.69 Å². The predicted octanol–water partition coefficient (Wildman–Crippen LogP) is 3.32. The van der Waals surface area contributed by atoms with E-state index in [9.17, 15) is 14.9 Å². The number of aryl methyl sites for hydroxylation is 1. The summed E-state index contributed by atoms with van der Waals surface area (Å²) in [6.07, 6.45) is 0. The molecule has 5 nitrogen and oxygen atoms in total. The van der Waals surface area contributed by atoms with Crippen LogP contribution in [0.1, 0.15) is 20.1 Å². The fourth-order valence-electron chi connectivity index (χ4n) is 1.52. The number of nitro benzene ring substituents is 1. The third-order valence-corrected chi connectivity index (χ3v) is 3.41. The Labute approximate surface area is 113 Å². The summed E-state index contributed by atoms with van der Waals surface area (Å²) < 4.78 is 5.11. The maximum atomic E-state index is 11.7. The lowest BCUT2D eigenvalue weighted by atomic mass is 10.2. The van der Waals surface area contributed by atoms with Gasteiger partial charge in [-0.2, -0.15) is 0 Å². The third kappa shape index (κ3) is 3.38. The second-order valence-corrected chi connectivity index (χ2v) is 5.20. The molecule has 0 aliphatic rings. The molecule has 0 fully saturated rings. The van der Waals surface area contributed by atoms with E-state index in [4.69, 9.17) is 4.74 Å². The molecule has 1 aromatic heterocycles. The van der Waals surface area contributed by atoms with Crippen LogP contribution in [0.2, 0.25) is 0 Å². The van der Waals surface area contributed by atoms with Gasteiger partial charge in [-0.25, -0.2) is 4.79 Å². The second kappa shape index (κ2) is 5.62. The number of esters is 1. The standard InChI is InChI=1S/C13H11NO4S/c1-9-5-6-12(19-9)13(15)18-8-10-3-2-4-11(7-10)14(16)17/h2-7H,8H2,1H3. The number of nitrogens with zero attached hydrogens (tertiary/aromatic N) is 1. The maximum absolute atomic E-state index is 11.7. The first kappa shape index (κ1) is 13.2. The van der Waals surface area contributed by atoms with E-state index in [1.165, 1.54) is 23.5 Å². The molecule has 0 atom stereocenters. The van der Waals surface area contributed by atoms with Crippen LogP contribution in [-0.4, -0.2) is 10.9 Å². The van der Waals surface area contributed by atoms with Gasteiger partial charge in [0, 0.05) is 17.0 Å². The first-order valence-corrected chi connectivity index (χ1v) is 6.35. The Bertz CT molecular complexity index is 621. The van der Waals surface area contributed by atoms with Gasteiger partial charge in [-0.1, -0.05) is 12.1 Å². The SMILES string of the molecule is Cc1ccc(C(=O)OCc2cccc([N+](=O)[O-])c2)s1. The normalized spacial score (nSPS) is 10.2. The van der Waals surface area contributed by atoms with Crippen LogP contribution in [0.5, 0.6) is 0 Å². The summed E-state index contributed by atoms with van der Waals surface area (Å²) in [5.74, 6) is -0.412. The molecule has 0 unspecified atom stereocenters. The Balaban J connectivity index is 2.01. The number of hydrogen-bond acceptors (Lipinski definition) is 5. The number of nitro groups is 1. The van der Waals surface area contributed by atoms with Crippen molar-refractivity contribution < 1.29 is 14.5 Å². The summed E-state index contributed by atoms with van der Waals surface area (Å²) in [6.45, 7) is 1.93. The summed E-state index contributed by atoms with van der Waals surface area (Å²) in [5.41, 5.74) is 0.580. The van der Waals surface area contributed by atoms with Crippen LogP contribution in [0, 0.1) is 17.0 Å². The van der Waals surface area contributed by atoms with E-state index in [0.717, 1.165) is 4.88 Å². The van der Waals surface area contributed by atoms with Crippen molar-refractivity contribution in [3.63, 3.8) is 0 Å². The number of carbonyl (C=O) groups is 1. The van der Waals surface area contributed by atoms with Crippen molar-refractivity contribution in [2.24, 2.45) is 0 Å². The molecule has 0 aliphatic carbocycles. The Kier molecular flexibility index (Phi) is 3.91. The largest absolute Gasteiger partial charge is 0.457 e. The lowest BCUT2D eigenvalue weighted by Crippen LogP contribution is -2.03. The monoisotopic (exact) mass is 277 g/mol. The minimum absolute atomic E-state index is 0.0134. The lowest BCUT2D eigenvalue weighted by Gasteiger charge is -2.03. The number of benzene rings is 1. The summed E-state index contributed by atoms with van der Waals surface area (Å²) in [6, 6.07) is 9.59. The van der Waals surface area contributed by atoms with E-state index in [2.05, 4.69) is 0 Å². The third-order valence-electron chi connectivity index (χ3n) is 2.43. The average molecular weight is 277 g/mol. The smallest absolute Gasteiger partial charge is 0.348 e. The Hall–Kier alpha value is -2.21. The van der Waals surface area contributed by atoms with Crippen molar-refractivity contribution in [2.75, 3.05) is 0 Å². The van der Waals surface area contributed by atoms with Gasteiger partial charge in [-0.3, -0.25) is 10.1 Å². The highest BCUT2D eigenvalue weighted by molar-refractivity contribution is 7.13. The molecule has 0 saturated carbocycles. The van der Waals surface area contributed by atoms with E-state index in [-0.39, 0.29) is 12.3 Å². The van der Waals surface area contributed by atoms with Gasteiger partial charge in [-0.05, 0) is 24.6 Å². The first-order chi connectivity index (χ1) is 9.06. The molecule has 0 amide bonds. The average Bonchev–Trinajstić information content (AvgIpc) is 2.83. The van der Waals surface area contributed by atoms with E-state index in [0.29, 0.717) is 10.4 Å². The molecular formula is C13H11NO4S. The van der Waals surface area contributed by atoms with Crippen molar-refractivity contribution >= 4 is 23.0 Å². The molecule has 0 saturated heterocycles. The number of thiophene rings is 1. The van der Waals surface area contributed by atoms with Crippen molar-refractivity contribution in [1.82, 2.24) is 0 Å². The second-order valence-electron chi connectivity index (χ2n) is 3.91. The molecule has 1 aromatic carbocycles. The predicted molar refractivity (Wildman–Crippen MR) is 71.3 cm³/mol. The van der Waals surface area contributed by atoms with Gasteiger partial charge in [0.05, 0.1) is 4.92 Å². The molecule has 6 heteroatoms. The zero-order valence-electron chi connectivity index (χ0n) is 10.2. The first-order valence-electron chi connectivity index (χ1n) is 5.53. The molecule has 2 aromatic rings. The van der Waals surface area contributed by atoms with Gasteiger partial charge in [0.1, 0.15) is 11.5 Å². The molecule has 0 aliphatic heterocycles. The summed E-state index contributed by atoms with van der Waals surface area (Å²) >= 11 is 1.36. The summed E-state index contributed by atoms with van der Waals surface area (Å²) in [7, 11) is 0. The van der Waals surface area contributed by atoms with Gasteiger partial charge >= 0.3 is 5.97 Å². The Morgan fingerprint density at radius 3 is 2.79 bits per heavy atom. The zero-order chi connectivity index (χ0) is 13.8. The minimum atomic E-state index is -0.478. The van der Waals surface area contributed by atoms with E-state index in [1.807, 2.05) is 13.0 Å². The fraction of sp³-hybridized carbons (Fsp3) is 0.154. The number of rotatable bonds is 4. The van der Waals surface area contributed by atoms with Crippen molar-refractivity contribution in [1.29, 1.82) is 0 Å². The molecular weight excluding hydrogens is 266 g/mol. The van der Waals surface area contributed by atoms with Crippen LogP contribution in [-0.2, 0) is 11.3 Å². The van der Waals surface area contributed by atoms with Crippen LogP contribution in [0.25, 0.3) is 0 Å². The van der Waals surface area contributed by atoms with Crippen LogP contribution < -0.4 is 0 Å². The van der Waals surface area contributed by atoms with Crippen LogP contribution in [0.15, 0.2) is 36.4 Å². The maximum Gasteiger partial charge on any atom is 0.348 e. The van der Waals surface area contributed by atoms with Crippen molar-refractivity contribution in [2.45, 2.75) is 13.5 Å². The van der Waals surface area contributed by atoms with Gasteiger partial charge in [0.2, 0.25) is 0 Å². The van der Waals surface area contributed by atoms with E-state index < -0.39 is 10.9 Å². The van der Waals surface area contributed by atoms with Gasteiger partial charge in [-0.15, -0.1) is 11.3 Å². The van der Waals surface area contributed by atoms with E-state index >= 15 is 0 Å². The quantitative estimate of drug-likeness (QED) is 0.488. The van der Waals surface area contributed by atoms with Crippen LogP contribution >= 0.6 is 11.3 Å². The molecule has 0 spiro atoms. The number of ether oxygens (including phenoxy) is 1. The molecule has 2 rings (SSSR count). The highest BCUT2D eigenvalue weighted by Crippen LogP contribution is 2.18. The topological polar surface area (TPSA) is 69.4 Å². The summed E-state index contributed by atoms with van der Waals surface area (Å²) in [4.78, 5) is 23.4. The molecule has 98 valence electrons. The Morgan fingerprint density at radius 1 is 1.37 bits per heavy atom. The number of carbonyl (C=O) groups excluding carboxylic acids is 1. The van der Waals surface area contributed by atoms with Crippen molar-refractivity contribution in [3.8, 4) is 0 Å². The fourth-order valence-corrected chi connectivity index (χ4v) is 2.29. The van der Waals surface area contributed by atoms with Crippen LogP contribution in [0.3, 0.4) is 0 Å². The zero-order valence-corrected chi connectivity index (χ0v) is 11.0. The number of non-ortho nitro benzene ring substituents is 1. The highest BCUT2D eigenvalue weighted by atomic mass is 32.1. The number of hydrogen-bond donors (Lipinski definition) is 0. The van der Waals surface area contributed by atoms with Crippen LogP contribution in [0.4, 0.5) is 5.69 Å². The molecule has 1 heterocycles. The lowest BCUT2D eigenvalue weighted by molar-refractivity contribution is -0.384. The molecule has 19 heavy (non-hydrogen) atoms. The summed E-state index contributed by atoms with van der Waals surface area (Å²) in [5, 5.41) is 10.6. The molecule has 0 bridgehead atoms. The molecule has 0 N–H and O–H groups in total.